The van der Waals surface area contributed by atoms with Crippen molar-refractivity contribution in [1.29, 1.82) is 0 Å². The van der Waals surface area contributed by atoms with E-state index in [0.717, 1.165) is 45.3 Å². The molecule has 0 aromatic heterocycles. The van der Waals surface area contributed by atoms with Gasteiger partial charge in [0, 0.05) is 5.56 Å². The van der Waals surface area contributed by atoms with Gasteiger partial charge >= 0.3 is 0 Å². The van der Waals surface area contributed by atoms with E-state index < -0.39 is 0 Å². The number of nitrogens with one attached hydrogen (secondary N) is 1. The number of primary amides is 1. The fraction of sp³-hybridized carbons (Fsp3) is 0.533. The molecule has 0 unspecified atom stereocenters. The van der Waals surface area contributed by atoms with Crippen LogP contribution in [0.2, 0.25) is 0 Å². The summed E-state index contributed by atoms with van der Waals surface area (Å²) in [5.74, 6) is -0.372. The molecule has 0 spiro atoms. The molecule has 19 heavy (non-hydrogen) atoms. The molecule has 1 saturated heterocycles. The number of hydrogen-bond donors (Lipinski definition) is 3. The van der Waals surface area contributed by atoms with E-state index in [0.29, 0.717) is 5.56 Å². The summed E-state index contributed by atoms with van der Waals surface area (Å²) in [4.78, 5) is 11.0. The number of amides is 1. The second kappa shape index (κ2) is 6.17. The first-order valence-electron chi connectivity index (χ1n) is 6.95. The van der Waals surface area contributed by atoms with E-state index in [1.165, 1.54) is 5.56 Å². The molecule has 0 radical (unpaired) electrons. The Labute approximate surface area is 114 Å². The minimum Gasteiger partial charge on any atom is -0.366 e. The zero-order chi connectivity index (χ0) is 13.7. The van der Waals surface area contributed by atoms with E-state index in [1.54, 1.807) is 12.1 Å². The number of hydrogen-bond acceptors (Lipinski definition) is 3. The Balaban J connectivity index is 1.95. The predicted molar refractivity (Wildman–Crippen MR) is 76.9 cm³/mol. The van der Waals surface area contributed by atoms with Gasteiger partial charge in [-0.15, -0.1) is 0 Å². The van der Waals surface area contributed by atoms with E-state index in [-0.39, 0.29) is 11.3 Å². The van der Waals surface area contributed by atoms with Gasteiger partial charge in [-0.3, -0.25) is 4.79 Å². The maximum absolute atomic E-state index is 11.0. The van der Waals surface area contributed by atoms with Crippen molar-refractivity contribution < 1.29 is 4.79 Å². The third kappa shape index (κ3) is 3.55. The third-order valence-electron chi connectivity index (χ3n) is 4.28. The first-order valence-corrected chi connectivity index (χ1v) is 6.95. The molecule has 104 valence electrons. The molecule has 1 amide bonds. The molecule has 0 saturated carbocycles. The minimum atomic E-state index is -0.372. The quantitative estimate of drug-likeness (QED) is 0.741. The van der Waals surface area contributed by atoms with Gasteiger partial charge in [-0.05, 0) is 68.4 Å². The Morgan fingerprint density at radius 3 is 2.37 bits per heavy atom. The predicted octanol–water partition coefficient (Wildman–Crippen LogP) is 1.05. The zero-order valence-corrected chi connectivity index (χ0v) is 11.3. The van der Waals surface area contributed by atoms with Crippen molar-refractivity contribution >= 4 is 5.91 Å². The van der Waals surface area contributed by atoms with Crippen LogP contribution in [0, 0.1) is 5.41 Å². The number of carbonyl (C=O) groups is 1. The summed E-state index contributed by atoms with van der Waals surface area (Å²) >= 11 is 0. The topological polar surface area (TPSA) is 81.1 Å². The lowest BCUT2D eigenvalue weighted by Gasteiger charge is -2.36. The van der Waals surface area contributed by atoms with Crippen LogP contribution in [0.1, 0.15) is 35.2 Å². The maximum atomic E-state index is 11.0. The molecule has 2 rings (SSSR count). The van der Waals surface area contributed by atoms with Gasteiger partial charge in [0.25, 0.3) is 0 Å². The number of benzene rings is 1. The van der Waals surface area contributed by atoms with Crippen molar-refractivity contribution in [3.05, 3.63) is 35.4 Å². The maximum Gasteiger partial charge on any atom is 0.248 e. The Morgan fingerprint density at radius 1 is 1.21 bits per heavy atom. The van der Waals surface area contributed by atoms with Crippen molar-refractivity contribution in [3.63, 3.8) is 0 Å². The molecule has 1 aliphatic rings. The number of piperidine rings is 1. The molecular weight excluding hydrogens is 238 g/mol. The van der Waals surface area contributed by atoms with Crippen LogP contribution in [0.4, 0.5) is 0 Å². The fourth-order valence-electron chi connectivity index (χ4n) is 2.76. The van der Waals surface area contributed by atoms with Gasteiger partial charge in [-0.1, -0.05) is 12.1 Å². The summed E-state index contributed by atoms with van der Waals surface area (Å²) in [5, 5.41) is 3.38. The number of nitrogens with two attached hydrogens (primary N) is 2. The second-order valence-electron chi connectivity index (χ2n) is 5.52. The SMILES string of the molecule is NCC1(CCc2ccc(C(N)=O)cc2)CCNCC1. The van der Waals surface area contributed by atoms with Gasteiger partial charge in [0.15, 0.2) is 0 Å². The fourth-order valence-corrected chi connectivity index (χ4v) is 2.76. The molecule has 1 aliphatic heterocycles. The smallest absolute Gasteiger partial charge is 0.248 e. The molecule has 1 heterocycles. The molecular formula is C15H23N3O. The second-order valence-corrected chi connectivity index (χ2v) is 5.52. The highest BCUT2D eigenvalue weighted by Gasteiger charge is 2.29. The normalized spacial score (nSPS) is 18.2. The lowest BCUT2D eigenvalue weighted by Crippen LogP contribution is -2.41. The molecule has 0 aliphatic carbocycles. The molecule has 5 N–H and O–H groups in total. The lowest BCUT2D eigenvalue weighted by atomic mass is 9.75. The van der Waals surface area contributed by atoms with E-state index in [4.69, 9.17) is 11.5 Å². The molecule has 1 aromatic carbocycles. The lowest BCUT2D eigenvalue weighted by molar-refractivity contribution is 0.100. The van der Waals surface area contributed by atoms with Crippen LogP contribution < -0.4 is 16.8 Å². The van der Waals surface area contributed by atoms with Crippen LogP contribution in [-0.2, 0) is 6.42 Å². The Kier molecular flexibility index (Phi) is 4.56. The van der Waals surface area contributed by atoms with Crippen molar-refractivity contribution in [2.24, 2.45) is 16.9 Å². The molecule has 0 bridgehead atoms. The van der Waals surface area contributed by atoms with E-state index in [2.05, 4.69) is 5.32 Å². The molecule has 1 aromatic rings. The van der Waals surface area contributed by atoms with Crippen LogP contribution >= 0.6 is 0 Å². The Bertz CT molecular complexity index is 422. The van der Waals surface area contributed by atoms with Crippen LogP contribution in [0.5, 0.6) is 0 Å². The van der Waals surface area contributed by atoms with Crippen molar-refractivity contribution in [2.45, 2.75) is 25.7 Å². The van der Waals surface area contributed by atoms with Crippen molar-refractivity contribution in [2.75, 3.05) is 19.6 Å². The minimum absolute atomic E-state index is 0.285. The van der Waals surface area contributed by atoms with Crippen LogP contribution in [0.15, 0.2) is 24.3 Å². The number of aryl methyl sites for hydroxylation is 1. The average molecular weight is 261 g/mol. The molecule has 4 nitrogen and oxygen atoms in total. The van der Waals surface area contributed by atoms with Crippen LogP contribution in [0.3, 0.4) is 0 Å². The monoisotopic (exact) mass is 261 g/mol. The summed E-state index contributed by atoms with van der Waals surface area (Å²) in [6.07, 6.45) is 4.43. The van der Waals surface area contributed by atoms with E-state index in [9.17, 15) is 4.79 Å². The molecule has 0 atom stereocenters. The standard InChI is InChI=1S/C15H23N3O/c16-11-15(7-9-18-10-8-15)6-5-12-1-3-13(4-2-12)14(17)19/h1-4,18H,5-11,16H2,(H2,17,19). The first kappa shape index (κ1) is 14.0. The summed E-state index contributed by atoms with van der Waals surface area (Å²) in [6, 6.07) is 7.58. The summed E-state index contributed by atoms with van der Waals surface area (Å²) in [5.41, 5.74) is 13.3. The zero-order valence-electron chi connectivity index (χ0n) is 11.3. The van der Waals surface area contributed by atoms with Gasteiger partial charge in [0.2, 0.25) is 5.91 Å². The Hall–Kier alpha value is -1.39. The largest absolute Gasteiger partial charge is 0.366 e. The van der Waals surface area contributed by atoms with Gasteiger partial charge < -0.3 is 16.8 Å². The van der Waals surface area contributed by atoms with E-state index in [1.807, 2.05) is 12.1 Å². The van der Waals surface area contributed by atoms with Crippen molar-refractivity contribution in [3.8, 4) is 0 Å². The van der Waals surface area contributed by atoms with Gasteiger partial charge in [0.05, 0.1) is 0 Å². The highest BCUT2D eigenvalue weighted by atomic mass is 16.1. The summed E-state index contributed by atoms with van der Waals surface area (Å²) in [6.45, 7) is 2.89. The van der Waals surface area contributed by atoms with Gasteiger partial charge in [-0.2, -0.15) is 0 Å². The average Bonchev–Trinajstić information content (AvgIpc) is 2.46. The van der Waals surface area contributed by atoms with Gasteiger partial charge in [-0.25, -0.2) is 0 Å². The highest BCUT2D eigenvalue weighted by Crippen LogP contribution is 2.32. The summed E-state index contributed by atoms with van der Waals surface area (Å²) in [7, 11) is 0. The van der Waals surface area contributed by atoms with Crippen LogP contribution in [0.25, 0.3) is 0 Å². The number of rotatable bonds is 5. The molecule has 4 heteroatoms. The third-order valence-corrected chi connectivity index (χ3v) is 4.28. The van der Waals surface area contributed by atoms with E-state index >= 15 is 0 Å². The molecule has 1 fully saturated rings. The first-order chi connectivity index (χ1) is 9.15. The van der Waals surface area contributed by atoms with Gasteiger partial charge in [0.1, 0.15) is 0 Å². The number of carbonyl (C=O) groups excluding carboxylic acids is 1. The highest BCUT2D eigenvalue weighted by molar-refractivity contribution is 5.92. The van der Waals surface area contributed by atoms with Crippen LogP contribution in [-0.4, -0.2) is 25.5 Å². The van der Waals surface area contributed by atoms with Crippen molar-refractivity contribution in [1.82, 2.24) is 5.32 Å². The summed E-state index contributed by atoms with van der Waals surface area (Å²) < 4.78 is 0. The Morgan fingerprint density at radius 2 is 1.84 bits per heavy atom.